The summed E-state index contributed by atoms with van der Waals surface area (Å²) >= 11 is 0. The van der Waals surface area contributed by atoms with Crippen molar-refractivity contribution in [2.24, 2.45) is 17.0 Å². The zero-order chi connectivity index (χ0) is 22.3. The Balaban J connectivity index is 1.31. The Kier molecular flexibility index (Phi) is 7.06. The summed E-state index contributed by atoms with van der Waals surface area (Å²) in [7, 11) is 0. The van der Waals surface area contributed by atoms with E-state index in [2.05, 4.69) is 23.5 Å². The number of nitrogens with zero attached hydrogens (tertiary/aromatic N) is 2. The van der Waals surface area contributed by atoms with E-state index in [1.165, 1.54) is 25.7 Å². The molecule has 166 valence electrons. The largest absolute Gasteiger partial charge is 0.484 e. The average molecular weight is 432 g/mol. The molecule has 3 fully saturated rings. The third kappa shape index (κ3) is 5.28. The highest BCUT2D eigenvalue weighted by atomic mass is 16.6. The maximum atomic E-state index is 12.2. The first kappa shape index (κ1) is 21.9. The number of para-hydroxylation sites is 1. The van der Waals surface area contributed by atoms with E-state index in [1.54, 1.807) is 24.3 Å². The fourth-order valence-corrected chi connectivity index (χ4v) is 4.67. The average Bonchev–Trinajstić information content (AvgIpc) is 2.85. The first-order chi connectivity index (χ1) is 15.7. The van der Waals surface area contributed by atoms with Crippen LogP contribution in [0.25, 0.3) is 0 Å². The minimum atomic E-state index is -0.317. The molecule has 3 saturated carbocycles. The van der Waals surface area contributed by atoms with Gasteiger partial charge in [0.25, 0.3) is 5.91 Å². The molecule has 6 heteroatoms. The molecule has 0 radical (unpaired) electrons. The number of benzene rings is 2. The highest BCUT2D eigenvalue weighted by Gasteiger charge is 2.37. The summed E-state index contributed by atoms with van der Waals surface area (Å²) < 4.78 is 5.60. The number of carbonyl (C=O) groups is 1. The molecule has 5 rings (SSSR count). The molecule has 2 aromatic carbocycles. The SMILES string of the molecule is CCC(=NOC1CC2CCC1CC2)c1ccc(OCC(=O)Nc2ccccc2C#N)cc1. The fourth-order valence-electron chi connectivity index (χ4n) is 4.67. The summed E-state index contributed by atoms with van der Waals surface area (Å²) in [5.74, 6) is 1.75. The smallest absolute Gasteiger partial charge is 0.262 e. The molecule has 0 spiro atoms. The van der Waals surface area contributed by atoms with Crippen molar-refractivity contribution in [2.75, 3.05) is 11.9 Å². The molecule has 2 aromatic rings. The van der Waals surface area contributed by atoms with Gasteiger partial charge < -0.3 is 14.9 Å². The summed E-state index contributed by atoms with van der Waals surface area (Å²) in [4.78, 5) is 18.2. The molecule has 32 heavy (non-hydrogen) atoms. The van der Waals surface area contributed by atoms with Crippen LogP contribution in [0.3, 0.4) is 0 Å². The van der Waals surface area contributed by atoms with Gasteiger partial charge in [-0.15, -0.1) is 0 Å². The summed E-state index contributed by atoms with van der Waals surface area (Å²) in [6, 6.07) is 16.5. The normalized spacial score (nSPS) is 22.1. The van der Waals surface area contributed by atoms with Gasteiger partial charge >= 0.3 is 0 Å². The van der Waals surface area contributed by atoms with Crippen LogP contribution in [0.4, 0.5) is 5.69 Å². The molecule has 1 atom stereocenters. The number of nitrogens with one attached hydrogen (secondary N) is 1. The van der Waals surface area contributed by atoms with Crippen molar-refractivity contribution in [2.45, 2.75) is 51.6 Å². The zero-order valence-electron chi connectivity index (χ0n) is 18.4. The van der Waals surface area contributed by atoms with Gasteiger partial charge in [0.2, 0.25) is 0 Å². The third-order valence-corrected chi connectivity index (χ3v) is 6.50. The highest BCUT2D eigenvalue weighted by molar-refractivity contribution is 6.00. The van der Waals surface area contributed by atoms with E-state index in [0.717, 1.165) is 30.0 Å². The summed E-state index contributed by atoms with van der Waals surface area (Å²) in [5, 5.41) is 16.3. The van der Waals surface area contributed by atoms with Crippen molar-refractivity contribution >= 4 is 17.3 Å². The maximum Gasteiger partial charge on any atom is 0.262 e. The van der Waals surface area contributed by atoms with E-state index in [9.17, 15) is 4.79 Å². The van der Waals surface area contributed by atoms with Crippen LogP contribution in [0, 0.1) is 23.2 Å². The Bertz CT molecular complexity index is 1000. The number of hydrogen-bond donors (Lipinski definition) is 1. The van der Waals surface area contributed by atoms with Crippen LogP contribution in [0.15, 0.2) is 53.7 Å². The molecule has 1 amide bonds. The first-order valence-corrected chi connectivity index (χ1v) is 11.4. The van der Waals surface area contributed by atoms with Gasteiger partial charge in [0, 0.05) is 0 Å². The molecule has 1 unspecified atom stereocenters. The molecule has 0 saturated heterocycles. The topological polar surface area (TPSA) is 83.7 Å². The second-order valence-corrected chi connectivity index (χ2v) is 8.57. The number of rotatable bonds is 8. The van der Waals surface area contributed by atoms with Gasteiger partial charge in [-0.3, -0.25) is 4.79 Å². The number of carbonyl (C=O) groups excluding carboxylic acids is 1. The number of amides is 1. The molecule has 1 N–H and O–H groups in total. The van der Waals surface area contributed by atoms with Gasteiger partial charge in [-0.25, -0.2) is 0 Å². The molecular formula is C26H29N3O3. The minimum absolute atomic E-state index is 0.138. The van der Waals surface area contributed by atoms with Crippen molar-refractivity contribution in [1.29, 1.82) is 5.26 Å². The van der Waals surface area contributed by atoms with Gasteiger partial charge in [-0.2, -0.15) is 5.26 Å². The predicted molar refractivity (Wildman–Crippen MR) is 123 cm³/mol. The Hall–Kier alpha value is -3.33. The first-order valence-electron chi connectivity index (χ1n) is 11.4. The number of oxime groups is 1. The molecule has 3 aliphatic carbocycles. The van der Waals surface area contributed by atoms with E-state index in [1.807, 2.05) is 24.3 Å². The number of ether oxygens (including phenoxy) is 1. The monoisotopic (exact) mass is 431 g/mol. The molecule has 2 bridgehead atoms. The Labute approximate surface area is 189 Å². The Morgan fingerprint density at radius 3 is 2.53 bits per heavy atom. The van der Waals surface area contributed by atoms with Gasteiger partial charge in [-0.05, 0) is 92.3 Å². The van der Waals surface area contributed by atoms with E-state index in [-0.39, 0.29) is 18.6 Å². The summed E-state index contributed by atoms with van der Waals surface area (Å²) in [5.41, 5.74) is 2.81. The minimum Gasteiger partial charge on any atom is -0.484 e. The quantitative estimate of drug-likeness (QED) is 0.455. The lowest BCUT2D eigenvalue weighted by molar-refractivity contribution is -0.118. The van der Waals surface area contributed by atoms with Crippen LogP contribution in [0.1, 0.15) is 56.6 Å². The number of nitriles is 1. The van der Waals surface area contributed by atoms with Crippen LogP contribution >= 0.6 is 0 Å². The zero-order valence-corrected chi connectivity index (χ0v) is 18.4. The lowest BCUT2D eigenvalue weighted by Crippen LogP contribution is -2.36. The maximum absolute atomic E-state index is 12.2. The molecule has 6 nitrogen and oxygen atoms in total. The predicted octanol–water partition coefficient (Wildman–Crippen LogP) is 5.29. The van der Waals surface area contributed by atoms with Crippen LogP contribution in [-0.2, 0) is 9.63 Å². The standard InChI is InChI=1S/C26H29N3O3/c1-2-23(29-32-25-15-18-7-9-20(25)10-8-18)19-11-13-22(14-12-19)31-17-26(30)28-24-6-4-3-5-21(24)16-27/h3-6,11-14,18,20,25H,2,7-10,15,17H2,1H3,(H,28,30). The third-order valence-electron chi connectivity index (χ3n) is 6.50. The van der Waals surface area contributed by atoms with Crippen LogP contribution < -0.4 is 10.1 Å². The number of fused-ring (bicyclic) bond motifs is 3. The summed E-state index contributed by atoms with van der Waals surface area (Å²) in [6.45, 7) is 1.93. The lowest BCUT2D eigenvalue weighted by Gasteiger charge is -2.40. The highest BCUT2D eigenvalue weighted by Crippen LogP contribution is 2.42. The van der Waals surface area contributed by atoms with E-state index in [4.69, 9.17) is 14.8 Å². The van der Waals surface area contributed by atoms with Crippen molar-refractivity contribution in [3.05, 3.63) is 59.7 Å². The van der Waals surface area contributed by atoms with E-state index >= 15 is 0 Å². The lowest BCUT2D eigenvalue weighted by atomic mass is 9.69. The van der Waals surface area contributed by atoms with E-state index in [0.29, 0.717) is 22.9 Å². The molecule has 3 aliphatic rings. The number of anilines is 1. The molecular weight excluding hydrogens is 402 g/mol. The van der Waals surface area contributed by atoms with Crippen LogP contribution in [0.2, 0.25) is 0 Å². The Morgan fingerprint density at radius 1 is 1.12 bits per heavy atom. The van der Waals surface area contributed by atoms with Gasteiger partial charge in [0.15, 0.2) is 6.61 Å². The summed E-state index contributed by atoms with van der Waals surface area (Å²) in [6.07, 6.45) is 7.41. The number of hydrogen-bond acceptors (Lipinski definition) is 5. The van der Waals surface area contributed by atoms with Crippen molar-refractivity contribution in [3.63, 3.8) is 0 Å². The van der Waals surface area contributed by atoms with Gasteiger partial charge in [0.05, 0.1) is 17.0 Å². The Morgan fingerprint density at radius 2 is 1.88 bits per heavy atom. The van der Waals surface area contributed by atoms with Gasteiger partial charge in [-0.1, -0.05) is 24.2 Å². The van der Waals surface area contributed by atoms with Crippen LogP contribution in [0.5, 0.6) is 5.75 Å². The van der Waals surface area contributed by atoms with Crippen molar-refractivity contribution < 1.29 is 14.4 Å². The molecule has 0 aromatic heterocycles. The fraction of sp³-hybridized carbons (Fsp3) is 0.423. The van der Waals surface area contributed by atoms with Crippen molar-refractivity contribution in [1.82, 2.24) is 0 Å². The van der Waals surface area contributed by atoms with Crippen LogP contribution in [-0.4, -0.2) is 24.3 Å². The van der Waals surface area contributed by atoms with Crippen molar-refractivity contribution in [3.8, 4) is 11.8 Å². The second kappa shape index (κ2) is 10.3. The van der Waals surface area contributed by atoms with E-state index < -0.39 is 0 Å². The van der Waals surface area contributed by atoms with Gasteiger partial charge in [0.1, 0.15) is 17.9 Å². The second-order valence-electron chi connectivity index (χ2n) is 8.57. The molecule has 0 aliphatic heterocycles. The molecule has 0 heterocycles.